The van der Waals surface area contributed by atoms with Gasteiger partial charge in [-0.3, -0.25) is 4.79 Å². The third-order valence-corrected chi connectivity index (χ3v) is 5.17. The molecule has 2 N–H and O–H groups in total. The van der Waals surface area contributed by atoms with Crippen LogP contribution in [0, 0.1) is 0 Å². The van der Waals surface area contributed by atoms with Crippen LogP contribution in [0.1, 0.15) is 22.8 Å². The van der Waals surface area contributed by atoms with E-state index >= 15 is 0 Å². The van der Waals surface area contributed by atoms with Crippen LogP contribution in [0.5, 0.6) is 5.75 Å². The highest BCUT2D eigenvalue weighted by molar-refractivity contribution is 14.0. The second-order valence-electron chi connectivity index (χ2n) is 7.10. The lowest BCUT2D eigenvalue weighted by Crippen LogP contribution is -2.52. The number of guanidine groups is 1. The number of carbonyl (C=O) groups is 1. The number of halogens is 1. The lowest BCUT2D eigenvalue weighted by atomic mass is 10.1. The minimum Gasteiger partial charge on any atom is -0.495 e. The summed E-state index contributed by atoms with van der Waals surface area (Å²) < 4.78 is 5.51. The summed E-state index contributed by atoms with van der Waals surface area (Å²) in [6.07, 6.45) is 0. The minimum atomic E-state index is -0.0831. The van der Waals surface area contributed by atoms with Crippen LogP contribution in [0.4, 0.5) is 5.69 Å². The minimum absolute atomic E-state index is 0. The van der Waals surface area contributed by atoms with Crippen molar-refractivity contribution >= 4 is 41.5 Å². The number of aliphatic imine (C=N–C) groups is 1. The summed E-state index contributed by atoms with van der Waals surface area (Å²) in [6, 6.07) is 15.7. The Hall–Kier alpha value is -2.49. The Morgan fingerprint density at radius 2 is 1.84 bits per heavy atom. The van der Waals surface area contributed by atoms with Crippen molar-refractivity contribution in [2.45, 2.75) is 13.5 Å². The van der Waals surface area contributed by atoms with Crippen molar-refractivity contribution in [1.29, 1.82) is 0 Å². The highest BCUT2D eigenvalue weighted by Crippen LogP contribution is 2.28. The van der Waals surface area contributed by atoms with Crippen LogP contribution in [0.25, 0.3) is 0 Å². The van der Waals surface area contributed by atoms with Crippen LogP contribution in [0.15, 0.2) is 53.5 Å². The van der Waals surface area contributed by atoms with Gasteiger partial charge in [-0.15, -0.1) is 24.0 Å². The van der Waals surface area contributed by atoms with Gasteiger partial charge in [-0.2, -0.15) is 0 Å². The SMILES string of the molecule is CCNC(=NCc1cccc(C(=O)NC)c1)N1CCN(c2ccccc2OC)CC1.I. The Bertz CT molecular complexity index is 882. The highest BCUT2D eigenvalue weighted by Gasteiger charge is 2.21. The van der Waals surface area contributed by atoms with Crippen molar-refractivity contribution in [1.82, 2.24) is 15.5 Å². The molecule has 0 saturated carbocycles. The molecule has 0 spiro atoms. The number of hydrogen-bond acceptors (Lipinski definition) is 4. The average molecular weight is 537 g/mol. The predicted molar refractivity (Wildman–Crippen MR) is 137 cm³/mol. The molecule has 1 amide bonds. The number of anilines is 1. The quantitative estimate of drug-likeness (QED) is 0.337. The van der Waals surface area contributed by atoms with Gasteiger partial charge in [0, 0.05) is 45.3 Å². The van der Waals surface area contributed by atoms with Gasteiger partial charge < -0.3 is 25.2 Å². The fourth-order valence-corrected chi connectivity index (χ4v) is 3.60. The first-order valence-corrected chi connectivity index (χ1v) is 10.4. The second kappa shape index (κ2) is 12.4. The van der Waals surface area contributed by atoms with Crippen molar-refractivity contribution in [3.8, 4) is 5.75 Å². The van der Waals surface area contributed by atoms with E-state index in [2.05, 4.69) is 33.4 Å². The second-order valence-corrected chi connectivity index (χ2v) is 7.10. The molecule has 0 radical (unpaired) electrons. The number of para-hydroxylation sites is 2. The lowest BCUT2D eigenvalue weighted by molar-refractivity contribution is 0.0963. The van der Waals surface area contributed by atoms with E-state index < -0.39 is 0 Å². The third-order valence-electron chi connectivity index (χ3n) is 5.17. The Morgan fingerprint density at radius 1 is 1.10 bits per heavy atom. The predicted octanol–water partition coefficient (Wildman–Crippen LogP) is 2.96. The summed E-state index contributed by atoms with van der Waals surface area (Å²) >= 11 is 0. The van der Waals surface area contributed by atoms with Gasteiger partial charge in [0.15, 0.2) is 5.96 Å². The molecule has 0 bridgehead atoms. The Kier molecular flexibility index (Phi) is 9.90. The fraction of sp³-hybridized carbons (Fsp3) is 0.391. The van der Waals surface area contributed by atoms with Crippen LogP contribution in [-0.2, 0) is 6.54 Å². The van der Waals surface area contributed by atoms with Crippen LogP contribution >= 0.6 is 24.0 Å². The summed E-state index contributed by atoms with van der Waals surface area (Å²) in [4.78, 5) is 21.3. The number of nitrogens with one attached hydrogen (secondary N) is 2. The zero-order valence-electron chi connectivity index (χ0n) is 18.4. The van der Waals surface area contributed by atoms with E-state index in [0.717, 1.165) is 55.7 Å². The van der Waals surface area contributed by atoms with E-state index in [4.69, 9.17) is 9.73 Å². The molecule has 1 heterocycles. The topological polar surface area (TPSA) is 69.2 Å². The summed E-state index contributed by atoms with van der Waals surface area (Å²) in [5.41, 5.74) is 2.80. The van der Waals surface area contributed by atoms with E-state index in [-0.39, 0.29) is 29.9 Å². The fourth-order valence-electron chi connectivity index (χ4n) is 3.60. The van der Waals surface area contributed by atoms with E-state index in [1.54, 1.807) is 14.2 Å². The maximum absolute atomic E-state index is 11.9. The molecule has 0 aliphatic carbocycles. The van der Waals surface area contributed by atoms with Gasteiger partial charge >= 0.3 is 0 Å². The van der Waals surface area contributed by atoms with Crippen LogP contribution < -0.4 is 20.3 Å². The van der Waals surface area contributed by atoms with Crippen molar-refractivity contribution in [3.05, 3.63) is 59.7 Å². The Labute approximate surface area is 201 Å². The van der Waals surface area contributed by atoms with Crippen molar-refractivity contribution in [2.75, 3.05) is 51.8 Å². The number of rotatable bonds is 6. The molecule has 168 valence electrons. The van der Waals surface area contributed by atoms with Crippen molar-refractivity contribution in [3.63, 3.8) is 0 Å². The van der Waals surface area contributed by atoms with Gasteiger partial charge in [-0.1, -0.05) is 24.3 Å². The summed E-state index contributed by atoms with van der Waals surface area (Å²) in [5.74, 6) is 1.73. The third kappa shape index (κ3) is 6.49. The van der Waals surface area contributed by atoms with Crippen LogP contribution in [-0.4, -0.2) is 63.6 Å². The van der Waals surface area contributed by atoms with Gasteiger partial charge in [0.25, 0.3) is 5.91 Å². The molecular formula is C23H32IN5O2. The molecule has 7 nitrogen and oxygen atoms in total. The Morgan fingerprint density at radius 3 is 2.52 bits per heavy atom. The maximum atomic E-state index is 11.9. The number of carbonyl (C=O) groups excluding carboxylic acids is 1. The first kappa shape index (κ1) is 24.8. The number of nitrogens with zero attached hydrogens (tertiary/aromatic N) is 3. The molecule has 1 aliphatic heterocycles. The molecule has 1 aliphatic rings. The zero-order valence-corrected chi connectivity index (χ0v) is 20.8. The van der Waals surface area contributed by atoms with Gasteiger partial charge in [0.05, 0.1) is 19.3 Å². The molecule has 1 saturated heterocycles. The molecule has 1 fully saturated rings. The van der Waals surface area contributed by atoms with Gasteiger partial charge in [0.1, 0.15) is 5.75 Å². The van der Waals surface area contributed by atoms with Crippen LogP contribution in [0.3, 0.4) is 0 Å². The highest BCUT2D eigenvalue weighted by atomic mass is 127. The van der Waals surface area contributed by atoms with E-state index in [1.165, 1.54) is 0 Å². The summed E-state index contributed by atoms with van der Waals surface area (Å²) in [6.45, 7) is 6.97. The number of hydrogen-bond donors (Lipinski definition) is 2. The van der Waals surface area contributed by atoms with E-state index in [1.807, 2.05) is 42.5 Å². The van der Waals surface area contributed by atoms with Gasteiger partial charge in [-0.25, -0.2) is 4.99 Å². The molecule has 2 aromatic rings. The maximum Gasteiger partial charge on any atom is 0.251 e. The molecule has 3 rings (SSSR count). The zero-order chi connectivity index (χ0) is 21.3. The normalized spacial score (nSPS) is 14.0. The molecule has 0 atom stereocenters. The smallest absolute Gasteiger partial charge is 0.251 e. The van der Waals surface area contributed by atoms with E-state index in [0.29, 0.717) is 12.1 Å². The number of ether oxygens (including phenoxy) is 1. The number of methoxy groups -OCH3 is 1. The molecule has 0 unspecified atom stereocenters. The average Bonchev–Trinajstić information content (AvgIpc) is 2.81. The summed E-state index contributed by atoms with van der Waals surface area (Å²) in [7, 11) is 3.35. The molecular weight excluding hydrogens is 505 g/mol. The van der Waals surface area contributed by atoms with E-state index in [9.17, 15) is 4.79 Å². The van der Waals surface area contributed by atoms with Crippen molar-refractivity contribution < 1.29 is 9.53 Å². The van der Waals surface area contributed by atoms with Crippen LogP contribution in [0.2, 0.25) is 0 Å². The molecule has 8 heteroatoms. The lowest BCUT2D eigenvalue weighted by Gasteiger charge is -2.38. The standard InChI is InChI=1S/C23H31N5O2.HI/c1-4-25-23(26-17-18-8-7-9-19(16-18)22(29)24-2)28-14-12-27(13-15-28)20-10-5-6-11-21(20)30-3;/h5-11,16H,4,12-15,17H2,1-3H3,(H,24,29)(H,25,26);1H. The van der Waals surface area contributed by atoms with Gasteiger partial charge in [0.2, 0.25) is 0 Å². The first-order chi connectivity index (χ1) is 14.7. The Balaban J connectivity index is 0.00000341. The number of amides is 1. The molecule has 0 aromatic heterocycles. The first-order valence-electron chi connectivity index (χ1n) is 10.4. The summed E-state index contributed by atoms with van der Waals surface area (Å²) in [5, 5.41) is 6.06. The molecule has 31 heavy (non-hydrogen) atoms. The number of benzene rings is 2. The van der Waals surface area contributed by atoms with Crippen molar-refractivity contribution in [2.24, 2.45) is 4.99 Å². The largest absolute Gasteiger partial charge is 0.495 e. The van der Waals surface area contributed by atoms with Gasteiger partial charge in [-0.05, 0) is 36.8 Å². The number of piperazine rings is 1. The molecule has 2 aromatic carbocycles. The monoisotopic (exact) mass is 537 g/mol.